The number of rotatable bonds is 7. The Kier molecular flexibility index (Phi) is 9.15. The predicted octanol–water partition coefficient (Wildman–Crippen LogP) is -6.11. The van der Waals surface area contributed by atoms with E-state index in [-0.39, 0.29) is 65.7 Å². The quantitative estimate of drug-likeness (QED) is 0.140. The molecule has 0 aromatic heterocycles. The first-order valence-electron chi connectivity index (χ1n) is 9.69. The molecule has 3 N–H and O–H groups in total. The van der Waals surface area contributed by atoms with Crippen LogP contribution in [0, 0.1) is 0 Å². The summed E-state index contributed by atoms with van der Waals surface area (Å²) in [6.45, 7) is -1.15. The molecule has 3 rings (SSSR count). The molecule has 2 saturated heterocycles. The molecule has 2 fully saturated rings. The van der Waals surface area contributed by atoms with Crippen molar-refractivity contribution in [1.82, 2.24) is 24.7 Å². The second-order valence-corrected chi connectivity index (χ2v) is 8.45. The molecule has 1 aromatic rings. The van der Waals surface area contributed by atoms with Crippen molar-refractivity contribution in [2.24, 2.45) is 0 Å². The third-order valence-corrected chi connectivity index (χ3v) is 5.93. The number of aliphatic hydroxyl groups excluding tert-OH is 1. The Morgan fingerprint density at radius 1 is 1.12 bits per heavy atom. The zero-order valence-electron chi connectivity index (χ0n) is 18.0. The Bertz CT molecular complexity index is 1080. The maximum Gasteiger partial charge on any atom is 1.00 e. The van der Waals surface area contributed by atoms with Gasteiger partial charge in [0.25, 0.3) is 5.91 Å². The molecule has 14 nitrogen and oxygen atoms in total. The number of carbonyl (C=O) groups is 5. The molecule has 2 heterocycles. The van der Waals surface area contributed by atoms with Gasteiger partial charge in [-0.05, 0) is 5.56 Å². The van der Waals surface area contributed by atoms with Gasteiger partial charge in [-0.1, -0.05) is 30.3 Å². The van der Waals surface area contributed by atoms with Crippen LogP contribution in [0.5, 0.6) is 0 Å². The molecule has 178 valence electrons. The van der Waals surface area contributed by atoms with Gasteiger partial charge in [0.15, 0.2) is 10.3 Å². The van der Waals surface area contributed by atoms with E-state index in [2.05, 4.69) is 10.6 Å². The van der Waals surface area contributed by atoms with Crippen LogP contribution in [0.3, 0.4) is 0 Å². The summed E-state index contributed by atoms with van der Waals surface area (Å²) in [5, 5.41) is 13.6. The smallest absolute Gasteiger partial charge is 0.731 e. The van der Waals surface area contributed by atoms with Crippen LogP contribution in [0.1, 0.15) is 11.6 Å². The Morgan fingerprint density at radius 3 is 2.32 bits per heavy atom. The Morgan fingerprint density at radius 2 is 1.76 bits per heavy atom. The van der Waals surface area contributed by atoms with Gasteiger partial charge in [-0.15, -0.1) is 0 Å². The zero-order chi connectivity index (χ0) is 24.3. The maximum absolute atomic E-state index is 12.8. The minimum absolute atomic E-state index is 0. The van der Waals surface area contributed by atoms with Gasteiger partial charge in [0.2, 0.25) is 5.91 Å². The molecule has 2 aliphatic rings. The summed E-state index contributed by atoms with van der Waals surface area (Å²) >= 11 is 0. The number of urea groups is 1. The van der Waals surface area contributed by atoms with Gasteiger partial charge in [-0.2, -0.15) is 0 Å². The second kappa shape index (κ2) is 11.2. The number of β-lactam (4-membered cyclic amide) rings is 1. The minimum atomic E-state index is -4.99. The number of nitrogens with zero attached hydrogens (tertiary/aromatic N) is 3. The van der Waals surface area contributed by atoms with Crippen molar-refractivity contribution in [2.75, 3.05) is 32.8 Å². The van der Waals surface area contributed by atoms with E-state index in [0.29, 0.717) is 4.90 Å². The monoisotopic (exact) mass is 505 g/mol. The molecule has 0 saturated carbocycles. The summed E-state index contributed by atoms with van der Waals surface area (Å²) in [7, 11) is -4.99. The van der Waals surface area contributed by atoms with Crippen molar-refractivity contribution in [2.45, 2.75) is 12.1 Å². The summed E-state index contributed by atoms with van der Waals surface area (Å²) in [5.41, 5.74) is 0.279. The predicted molar refractivity (Wildman–Crippen MR) is 106 cm³/mol. The molecular formula is C18H20N5NaO9S. The summed E-state index contributed by atoms with van der Waals surface area (Å²) in [6.07, 6.45) is 0. The second-order valence-electron chi connectivity index (χ2n) is 7.15. The van der Waals surface area contributed by atoms with Gasteiger partial charge in [0.05, 0.1) is 13.2 Å². The van der Waals surface area contributed by atoms with E-state index >= 15 is 0 Å². The SMILES string of the molecule is O=C(NC1CN(S(=O)(=O)[O-])C1=O)C(NC(=O)N1CCN(CCO)C(=O)C1=O)c1ccccc1.[Na+]. The largest absolute Gasteiger partial charge is 1.00 e. The van der Waals surface area contributed by atoms with Crippen LogP contribution >= 0.6 is 0 Å². The van der Waals surface area contributed by atoms with E-state index in [1.807, 2.05) is 0 Å². The van der Waals surface area contributed by atoms with Crippen molar-refractivity contribution in [1.29, 1.82) is 0 Å². The van der Waals surface area contributed by atoms with Crippen LogP contribution in [-0.2, 0) is 29.5 Å². The van der Waals surface area contributed by atoms with Crippen LogP contribution in [0.2, 0.25) is 0 Å². The van der Waals surface area contributed by atoms with E-state index < -0.39 is 58.6 Å². The van der Waals surface area contributed by atoms with Crippen molar-refractivity contribution < 1.29 is 71.6 Å². The molecule has 2 unspecified atom stereocenters. The number of aliphatic hydroxyl groups is 1. The summed E-state index contributed by atoms with van der Waals surface area (Å²) in [6, 6.07) is 4.06. The van der Waals surface area contributed by atoms with Crippen molar-refractivity contribution in [3.8, 4) is 0 Å². The molecule has 16 heteroatoms. The molecule has 0 bridgehead atoms. The number of imide groups is 1. The van der Waals surface area contributed by atoms with Gasteiger partial charge in [0, 0.05) is 19.6 Å². The Balaban J connectivity index is 0.00000408. The third kappa shape index (κ3) is 5.92. The number of β-amino-alcohol motifs (C(OH)–C–C–N with tert-alkyl or cyclic N) is 1. The zero-order valence-corrected chi connectivity index (χ0v) is 20.9. The normalized spacial score (nSPS) is 19.2. The van der Waals surface area contributed by atoms with E-state index in [1.54, 1.807) is 18.2 Å². The minimum Gasteiger partial charge on any atom is -0.731 e. The molecule has 34 heavy (non-hydrogen) atoms. The number of amides is 6. The fourth-order valence-electron chi connectivity index (χ4n) is 3.31. The van der Waals surface area contributed by atoms with Gasteiger partial charge < -0.3 is 25.2 Å². The average Bonchev–Trinajstić information content (AvgIpc) is 2.77. The van der Waals surface area contributed by atoms with Crippen LogP contribution in [0.25, 0.3) is 0 Å². The molecule has 0 spiro atoms. The van der Waals surface area contributed by atoms with E-state index in [0.717, 1.165) is 4.90 Å². The summed E-state index contributed by atoms with van der Waals surface area (Å²) in [5.74, 6) is -4.12. The summed E-state index contributed by atoms with van der Waals surface area (Å²) in [4.78, 5) is 63.5. The van der Waals surface area contributed by atoms with Crippen molar-refractivity contribution in [3.63, 3.8) is 0 Å². The van der Waals surface area contributed by atoms with Gasteiger partial charge in [-0.3, -0.25) is 24.1 Å². The first kappa shape index (κ1) is 27.7. The number of nitrogens with one attached hydrogen (secondary N) is 2. The number of hydrogen-bond acceptors (Lipinski definition) is 9. The van der Waals surface area contributed by atoms with Crippen LogP contribution in [0.15, 0.2) is 30.3 Å². The molecular weight excluding hydrogens is 485 g/mol. The van der Waals surface area contributed by atoms with Gasteiger partial charge >= 0.3 is 47.4 Å². The van der Waals surface area contributed by atoms with Gasteiger partial charge in [0.1, 0.15) is 12.1 Å². The van der Waals surface area contributed by atoms with Crippen LogP contribution in [0.4, 0.5) is 4.79 Å². The molecule has 2 atom stereocenters. The number of benzene rings is 1. The van der Waals surface area contributed by atoms with E-state index in [4.69, 9.17) is 5.11 Å². The number of piperazine rings is 1. The van der Waals surface area contributed by atoms with E-state index in [1.165, 1.54) is 12.1 Å². The molecule has 0 radical (unpaired) electrons. The molecule has 2 aliphatic heterocycles. The molecule has 6 amide bonds. The standard InChI is InChI=1S/C18H21N5O9S.Na/c24-9-8-21-6-7-22(17(28)16(21)27)18(29)20-13(11-4-2-1-3-5-11)14(25)19-12-10-23(15(12)26)33(30,31)32;/h1-5,12-13,24H,6-10H2,(H,19,25)(H,20,29)(H,30,31,32);/q;+1/p-1. The maximum atomic E-state index is 12.8. The fourth-order valence-corrected chi connectivity index (χ4v) is 3.99. The fraction of sp³-hybridized carbons (Fsp3) is 0.389. The first-order valence-corrected chi connectivity index (χ1v) is 11.1. The Hall–Kier alpha value is -2.56. The average molecular weight is 505 g/mol. The Labute approximate surface area is 216 Å². The number of hydrogen-bond donors (Lipinski definition) is 3. The molecule has 0 aliphatic carbocycles. The van der Waals surface area contributed by atoms with Gasteiger partial charge in [-0.25, -0.2) is 17.5 Å². The van der Waals surface area contributed by atoms with E-state index in [9.17, 15) is 36.9 Å². The molecule has 1 aromatic carbocycles. The number of carbonyl (C=O) groups excluding carboxylic acids is 5. The van der Waals surface area contributed by atoms with Crippen molar-refractivity contribution >= 4 is 40.0 Å². The first-order chi connectivity index (χ1) is 15.5. The van der Waals surface area contributed by atoms with Crippen LogP contribution < -0.4 is 40.2 Å². The van der Waals surface area contributed by atoms with Crippen LogP contribution in [-0.4, -0.2) is 101 Å². The third-order valence-electron chi connectivity index (χ3n) is 5.07. The van der Waals surface area contributed by atoms with Crippen molar-refractivity contribution in [3.05, 3.63) is 35.9 Å². The summed E-state index contributed by atoms with van der Waals surface area (Å²) < 4.78 is 32.9. The topological polar surface area (TPSA) is 197 Å².